The molecule has 1 fully saturated rings. The Morgan fingerprint density at radius 3 is 2.86 bits per heavy atom. The number of thioether (sulfide) groups is 1. The van der Waals surface area contributed by atoms with Crippen LogP contribution in [-0.2, 0) is 24.7 Å². The third kappa shape index (κ3) is 4.22. The second kappa shape index (κ2) is 8.88. The summed E-state index contributed by atoms with van der Waals surface area (Å²) >= 11 is 2.99. The number of fused-ring (bicyclic) bond motifs is 1. The van der Waals surface area contributed by atoms with Gasteiger partial charge < -0.3 is 9.88 Å². The molecule has 1 amide bonds. The van der Waals surface area contributed by atoms with Crippen LogP contribution in [0.25, 0.3) is 0 Å². The van der Waals surface area contributed by atoms with Gasteiger partial charge in [0.15, 0.2) is 5.16 Å². The summed E-state index contributed by atoms with van der Waals surface area (Å²) in [5.74, 6) is 2.40. The largest absolute Gasteiger partial charge is 0.316 e. The molecular formula is C21H27N5OS2. The van der Waals surface area contributed by atoms with Gasteiger partial charge in [0.2, 0.25) is 5.91 Å². The van der Waals surface area contributed by atoms with E-state index in [1.807, 2.05) is 11.6 Å². The first-order chi connectivity index (χ1) is 14.1. The zero-order valence-corrected chi connectivity index (χ0v) is 18.7. The molecule has 0 aliphatic heterocycles. The Morgan fingerprint density at radius 1 is 1.34 bits per heavy atom. The molecule has 2 heterocycles. The van der Waals surface area contributed by atoms with Crippen LogP contribution in [0.1, 0.15) is 73.2 Å². The van der Waals surface area contributed by atoms with Crippen molar-refractivity contribution in [3.8, 4) is 6.07 Å². The summed E-state index contributed by atoms with van der Waals surface area (Å²) in [5, 5.41) is 22.8. The molecule has 1 N–H and O–H groups in total. The van der Waals surface area contributed by atoms with Gasteiger partial charge in [-0.2, -0.15) is 5.26 Å². The minimum Gasteiger partial charge on any atom is -0.316 e. The lowest BCUT2D eigenvalue weighted by Gasteiger charge is -2.20. The fraction of sp³-hybridized carbons (Fsp3) is 0.619. The first-order valence-electron chi connectivity index (χ1n) is 10.5. The van der Waals surface area contributed by atoms with Crippen molar-refractivity contribution in [1.82, 2.24) is 14.8 Å². The topological polar surface area (TPSA) is 83.6 Å². The Labute approximate surface area is 180 Å². The van der Waals surface area contributed by atoms with E-state index in [1.165, 1.54) is 42.3 Å². The minimum atomic E-state index is -0.0949. The molecular weight excluding hydrogens is 402 g/mol. The van der Waals surface area contributed by atoms with Crippen LogP contribution < -0.4 is 5.32 Å². The highest BCUT2D eigenvalue weighted by molar-refractivity contribution is 7.99. The number of aromatic nitrogens is 3. The highest BCUT2D eigenvalue weighted by Crippen LogP contribution is 2.40. The average Bonchev–Trinajstić information content (AvgIpc) is 3.44. The number of amides is 1. The third-order valence-electron chi connectivity index (χ3n) is 6.23. The standard InChI is InChI=1S/C21H27N5OS2/c1-3-13-8-9-15-16(11-22)20(29-17(15)10-13)23-18(27)12-28-21-25-24-19(26(21)2)14-6-4-5-7-14/h13-14H,3-10,12H2,1-2H3,(H,23,27). The fourth-order valence-corrected chi connectivity index (χ4v) is 6.54. The van der Waals surface area contributed by atoms with Crippen LogP contribution in [-0.4, -0.2) is 26.4 Å². The Balaban J connectivity index is 1.39. The van der Waals surface area contributed by atoms with Crippen LogP contribution in [0.15, 0.2) is 5.16 Å². The van der Waals surface area contributed by atoms with E-state index in [4.69, 9.17) is 0 Å². The van der Waals surface area contributed by atoms with E-state index in [1.54, 1.807) is 11.3 Å². The molecule has 4 rings (SSSR count). The summed E-state index contributed by atoms with van der Waals surface area (Å²) in [7, 11) is 1.99. The minimum absolute atomic E-state index is 0.0949. The smallest absolute Gasteiger partial charge is 0.235 e. The summed E-state index contributed by atoms with van der Waals surface area (Å²) in [4.78, 5) is 13.8. The van der Waals surface area contributed by atoms with Gasteiger partial charge in [0, 0.05) is 17.8 Å². The monoisotopic (exact) mass is 429 g/mol. The van der Waals surface area contributed by atoms with Crippen molar-refractivity contribution in [3.05, 3.63) is 21.8 Å². The maximum atomic E-state index is 12.6. The number of nitriles is 1. The highest BCUT2D eigenvalue weighted by Gasteiger charge is 2.26. The average molecular weight is 430 g/mol. The molecule has 0 spiro atoms. The number of nitrogens with one attached hydrogen (secondary N) is 1. The molecule has 2 aliphatic carbocycles. The molecule has 6 nitrogen and oxygen atoms in total. The molecule has 0 radical (unpaired) electrons. The van der Waals surface area contributed by atoms with Gasteiger partial charge in [0.25, 0.3) is 0 Å². The van der Waals surface area contributed by atoms with Crippen LogP contribution in [0.4, 0.5) is 5.00 Å². The lowest BCUT2D eigenvalue weighted by molar-refractivity contribution is -0.113. The Morgan fingerprint density at radius 2 is 2.14 bits per heavy atom. The second-order valence-electron chi connectivity index (χ2n) is 8.05. The van der Waals surface area contributed by atoms with E-state index < -0.39 is 0 Å². The van der Waals surface area contributed by atoms with Crippen molar-refractivity contribution in [2.75, 3.05) is 11.1 Å². The predicted octanol–water partition coefficient (Wildman–Crippen LogP) is 4.65. The molecule has 2 aromatic heterocycles. The number of thiophene rings is 1. The number of anilines is 1. The van der Waals surface area contributed by atoms with Crippen molar-refractivity contribution in [3.63, 3.8) is 0 Å². The van der Waals surface area contributed by atoms with Crippen LogP contribution in [0, 0.1) is 17.2 Å². The third-order valence-corrected chi connectivity index (χ3v) is 8.42. The van der Waals surface area contributed by atoms with Crippen LogP contribution in [0.3, 0.4) is 0 Å². The summed E-state index contributed by atoms with van der Waals surface area (Å²) < 4.78 is 2.03. The van der Waals surface area contributed by atoms with Crippen LogP contribution >= 0.6 is 23.1 Å². The highest BCUT2D eigenvalue weighted by atomic mass is 32.2. The first-order valence-corrected chi connectivity index (χ1v) is 12.3. The van der Waals surface area contributed by atoms with Gasteiger partial charge in [-0.05, 0) is 43.6 Å². The molecule has 154 valence electrons. The number of carbonyl (C=O) groups excluding carboxylic acids is 1. The van der Waals surface area contributed by atoms with E-state index in [0.717, 1.165) is 42.2 Å². The van der Waals surface area contributed by atoms with Crippen LogP contribution in [0.2, 0.25) is 0 Å². The molecule has 0 aromatic carbocycles. The van der Waals surface area contributed by atoms with Gasteiger partial charge >= 0.3 is 0 Å². The molecule has 0 bridgehead atoms. The Kier molecular flexibility index (Phi) is 6.26. The second-order valence-corrected chi connectivity index (χ2v) is 10.1. The number of nitrogens with zero attached hydrogens (tertiary/aromatic N) is 4. The van der Waals surface area contributed by atoms with Crippen molar-refractivity contribution in [2.24, 2.45) is 13.0 Å². The van der Waals surface area contributed by atoms with Gasteiger partial charge in [-0.3, -0.25) is 4.79 Å². The lowest BCUT2D eigenvalue weighted by atomic mass is 9.86. The maximum Gasteiger partial charge on any atom is 0.235 e. The lowest BCUT2D eigenvalue weighted by Crippen LogP contribution is -2.15. The SMILES string of the molecule is CCC1CCc2c(sc(NC(=O)CSc3nnc(C4CCCC4)n3C)c2C#N)C1. The molecule has 2 aromatic rings. The fourth-order valence-electron chi connectivity index (χ4n) is 4.49. The zero-order valence-electron chi connectivity index (χ0n) is 17.0. The van der Waals surface area contributed by atoms with E-state index in [0.29, 0.717) is 22.4 Å². The van der Waals surface area contributed by atoms with Crippen molar-refractivity contribution in [1.29, 1.82) is 5.26 Å². The zero-order chi connectivity index (χ0) is 20.4. The molecule has 1 unspecified atom stereocenters. The van der Waals surface area contributed by atoms with Gasteiger partial charge in [-0.25, -0.2) is 0 Å². The molecule has 0 saturated heterocycles. The number of hydrogen-bond donors (Lipinski definition) is 1. The van der Waals surface area contributed by atoms with Gasteiger partial charge in [0.05, 0.1) is 11.3 Å². The summed E-state index contributed by atoms with van der Waals surface area (Å²) in [6.07, 6.45) is 9.14. The summed E-state index contributed by atoms with van der Waals surface area (Å²) in [6, 6.07) is 2.32. The molecule has 29 heavy (non-hydrogen) atoms. The first kappa shape index (κ1) is 20.4. The van der Waals surface area contributed by atoms with Gasteiger partial charge in [-0.1, -0.05) is 37.9 Å². The predicted molar refractivity (Wildman–Crippen MR) is 116 cm³/mol. The van der Waals surface area contributed by atoms with Crippen molar-refractivity contribution >= 4 is 34.0 Å². The maximum absolute atomic E-state index is 12.6. The quantitative estimate of drug-likeness (QED) is 0.676. The normalized spacial score (nSPS) is 19.1. The Hall–Kier alpha value is -1.85. The number of hydrogen-bond acceptors (Lipinski definition) is 6. The number of rotatable bonds is 6. The van der Waals surface area contributed by atoms with Crippen LogP contribution in [0.5, 0.6) is 0 Å². The van der Waals surface area contributed by atoms with E-state index >= 15 is 0 Å². The molecule has 1 saturated carbocycles. The molecule has 8 heteroatoms. The van der Waals surface area contributed by atoms with Gasteiger partial charge in [-0.15, -0.1) is 21.5 Å². The summed E-state index contributed by atoms with van der Waals surface area (Å²) in [6.45, 7) is 2.22. The molecule has 2 aliphatic rings. The van der Waals surface area contributed by atoms with Crippen molar-refractivity contribution in [2.45, 2.75) is 69.4 Å². The number of carbonyl (C=O) groups is 1. The molecule has 1 atom stereocenters. The van der Waals surface area contributed by atoms with E-state index in [-0.39, 0.29) is 11.7 Å². The Bertz CT molecular complexity index is 936. The summed E-state index contributed by atoms with van der Waals surface area (Å²) in [5.41, 5.74) is 1.82. The van der Waals surface area contributed by atoms with Gasteiger partial charge in [0.1, 0.15) is 16.9 Å². The van der Waals surface area contributed by atoms with E-state index in [9.17, 15) is 10.1 Å². The van der Waals surface area contributed by atoms with E-state index in [2.05, 4.69) is 28.5 Å². The van der Waals surface area contributed by atoms with Crippen molar-refractivity contribution < 1.29 is 4.79 Å².